The third-order valence-corrected chi connectivity index (χ3v) is 8.84. The van der Waals surface area contributed by atoms with Gasteiger partial charge in [-0.25, -0.2) is 4.39 Å². The van der Waals surface area contributed by atoms with Gasteiger partial charge in [0.2, 0.25) is 5.91 Å². The lowest BCUT2D eigenvalue weighted by Crippen LogP contribution is -2.30. The Morgan fingerprint density at radius 2 is 1.51 bits per heavy atom. The van der Waals surface area contributed by atoms with Crippen molar-refractivity contribution < 1.29 is 23.5 Å². The van der Waals surface area contributed by atoms with E-state index in [4.69, 9.17) is 16.3 Å². The smallest absolute Gasteiger partial charge is 0.272 e. The molecule has 0 aliphatic rings. The summed E-state index contributed by atoms with van der Waals surface area (Å²) in [5.41, 5.74) is 3.02. The number of ether oxygens (including phenoxy) is 1. The fraction of sp³-hybridized carbons (Fsp3) is 0.103. The number of rotatable bonds is 13. The number of thioether (sulfide) groups is 1. The van der Waals surface area contributed by atoms with Gasteiger partial charge in [0.25, 0.3) is 11.8 Å². The fourth-order valence-corrected chi connectivity index (χ4v) is 5.83. The zero-order chi connectivity index (χ0) is 34.6. The summed E-state index contributed by atoms with van der Waals surface area (Å²) in [6, 6.07) is 36.7. The second-order valence-corrected chi connectivity index (χ2v) is 12.5. The molecule has 248 valence electrons. The summed E-state index contributed by atoms with van der Waals surface area (Å²) in [5, 5.41) is 7.84. The van der Waals surface area contributed by atoms with Crippen LogP contribution >= 0.6 is 23.4 Å². The Labute approximate surface area is 293 Å². The Kier molecular flexibility index (Phi) is 12.2. The maximum Gasteiger partial charge on any atom is 0.272 e. The average Bonchev–Trinajstić information content (AvgIpc) is 3.12. The number of carbonyl (C=O) groups excluding carboxylic acids is 3. The van der Waals surface area contributed by atoms with Gasteiger partial charge in [-0.1, -0.05) is 85.3 Å². The molecule has 0 saturated carbocycles. The van der Waals surface area contributed by atoms with Crippen molar-refractivity contribution in [1.82, 2.24) is 5.32 Å². The highest BCUT2D eigenvalue weighted by atomic mass is 35.5. The Bertz CT molecular complexity index is 1940. The van der Waals surface area contributed by atoms with E-state index in [0.717, 1.165) is 10.5 Å². The molecular formula is C39H33ClFN3O4S. The molecule has 0 bridgehead atoms. The molecule has 0 radical (unpaired) electrons. The highest BCUT2D eigenvalue weighted by Crippen LogP contribution is 2.29. The van der Waals surface area contributed by atoms with Gasteiger partial charge in [-0.3, -0.25) is 14.4 Å². The molecule has 0 aliphatic carbocycles. The van der Waals surface area contributed by atoms with Crippen molar-refractivity contribution in [2.75, 3.05) is 10.6 Å². The molecule has 5 aromatic rings. The summed E-state index contributed by atoms with van der Waals surface area (Å²) < 4.78 is 19.4. The van der Waals surface area contributed by atoms with E-state index in [9.17, 15) is 18.8 Å². The van der Waals surface area contributed by atoms with E-state index >= 15 is 0 Å². The Balaban J connectivity index is 1.29. The summed E-state index contributed by atoms with van der Waals surface area (Å²) in [6.45, 7) is 2.30. The highest BCUT2D eigenvalue weighted by molar-refractivity contribution is 8.00. The minimum atomic E-state index is -0.570. The third-order valence-electron chi connectivity index (χ3n) is 7.19. The standard InChI is InChI=1S/C39H33ClFN3O4S/c1-2-36(39(47)43-30-18-21-34(41)33(40)24-30)49-32-15-9-14-29(23-32)42-38(46)35(44-37(45)28-12-7-4-8-13-28)22-26-16-19-31(20-17-26)48-25-27-10-5-3-6-11-27/h3-24,36H,2,25H2,1H3,(H,42,46)(H,43,47)(H,44,45)/b35-22+. The number of carbonyl (C=O) groups is 3. The second-order valence-electron chi connectivity index (χ2n) is 10.8. The predicted molar refractivity (Wildman–Crippen MR) is 194 cm³/mol. The van der Waals surface area contributed by atoms with Gasteiger partial charge < -0.3 is 20.7 Å². The first kappa shape index (κ1) is 34.9. The SMILES string of the molecule is CCC(Sc1cccc(NC(=O)/C(=C\c2ccc(OCc3ccccc3)cc2)NC(=O)c2ccccc2)c1)C(=O)Nc1ccc(F)c(Cl)c1. The minimum absolute atomic E-state index is 0.0358. The molecule has 0 aliphatic heterocycles. The lowest BCUT2D eigenvalue weighted by Gasteiger charge is -2.16. The molecule has 0 fully saturated rings. The molecule has 5 rings (SSSR count). The maximum absolute atomic E-state index is 13.6. The molecule has 0 heterocycles. The van der Waals surface area contributed by atoms with Crippen molar-refractivity contribution in [2.24, 2.45) is 0 Å². The summed E-state index contributed by atoms with van der Waals surface area (Å²) in [5.74, 6) is -1.15. The van der Waals surface area contributed by atoms with Gasteiger partial charge in [0.15, 0.2) is 0 Å². The van der Waals surface area contributed by atoms with Crippen LogP contribution in [-0.2, 0) is 16.2 Å². The Morgan fingerprint density at radius 3 is 2.20 bits per heavy atom. The predicted octanol–water partition coefficient (Wildman–Crippen LogP) is 8.98. The lowest BCUT2D eigenvalue weighted by molar-refractivity contribution is -0.116. The Hall–Kier alpha value is -5.38. The molecule has 5 aromatic carbocycles. The van der Waals surface area contributed by atoms with Gasteiger partial charge in [0.1, 0.15) is 23.9 Å². The molecule has 7 nitrogen and oxygen atoms in total. The van der Waals surface area contributed by atoms with Gasteiger partial charge in [-0.05, 0) is 84.3 Å². The van der Waals surface area contributed by atoms with Gasteiger partial charge in [-0.2, -0.15) is 0 Å². The van der Waals surface area contributed by atoms with Gasteiger partial charge in [-0.15, -0.1) is 11.8 Å². The first-order chi connectivity index (χ1) is 23.8. The van der Waals surface area contributed by atoms with Crippen molar-refractivity contribution >= 4 is 58.5 Å². The summed E-state index contributed by atoms with van der Waals surface area (Å²) in [7, 11) is 0. The van der Waals surface area contributed by atoms with Crippen LogP contribution in [0.4, 0.5) is 15.8 Å². The van der Waals surface area contributed by atoms with Crippen LogP contribution in [-0.4, -0.2) is 23.0 Å². The van der Waals surface area contributed by atoms with Crippen LogP contribution in [0.1, 0.15) is 34.8 Å². The van der Waals surface area contributed by atoms with Crippen LogP contribution in [0.15, 0.2) is 138 Å². The van der Waals surface area contributed by atoms with Crippen molar-refractivity contribution in [3.8, 4) is 5.75 Å². The van der Waals surface area contributed by atoms with E-state index in [-0.39, 0.29) is 16.6 Å². The van der Waals surface area contributed by atoms with Crippen molar-refractivity contribution in [2.45, 2.75) is 30.1 Å². The van der Waals surface area contributed by atoms with Crippen LogP contribution in [0.25, 0.3) is 6.08 Å². The minimum Gasteiger partial charge on any atom is -0.489 e. The third kappa shape index (κ3) is 10.3. The van der Waals surface area contributed by atoms with E-state index in [1.165, 1.54) is 30.0 Å². The van der Waals surface area contributed by atoms with Gasteiger partial charge in [0, 0.05) is 21.8 Å². The average molecular weight is 694 g/mol. The molecule has 49 heavy (non-hydrogen) atoms. The lowest BCUT2D eigenvalue weighted by atomic mass is 10.1. The number of hydrogen-bond acceptors (Lipinski definition) is 5. The fourth-order valence-electron chi connectivity index (χ4n) is 4.64. The summed E-state index contributed by atoms with van der Waals surface area (Å²) >= 11 is 7.19. The van der Waals surface area contributed by atoms with Crippen LogP contribution in [0.3, 0.4) is 0 Å². The van der Waals surface area contributed by atoms with Gasteiger partial charge >= 0.3 is 0 Å². The zero-order valence-electron chi connectivity index (χ0n) is 26.5. The number of amides is 3. The van der Waals surface area contributed by atoms with E-state index in [1.807, 2.05) is 43.3 Å². The molecule has 0 saturated heterocycles. The largest absolute Gasteiger partial charge is 0.489 e. The summed E-state index contributed by atoms with van der Waals surface area (Å²) in [6.07, 6.45) is 2.10. The molecule has 3 N–H and O–H groups in total. The monoisotopic (exact) mass is 693 g/mol. The molecule has 0 spiro atoms. The van der Waals surface area contributed by atoms with Crippen molar-refractivity contribution in [3.05, 3.63) is 161 Å². The number of anilines is 2. The zero-order valence-corrected chi connectivity index (χ0v) is 28.1. The first-order valence-corrected chi connectivity index (χ1v) is 16.7. The first-order valence-electron chi connectivity index (χ1n) is 15.5. The van der Waals surface area contributed by atoms with Crippen LogP contribution in [0.5, 0.6) is 5.75 Å². The topological polar surface area (TPSA) is 96.5 Å². The van der Waals surface area contributed by atoms with Crippen LogP contribution < -0.4 is 20.7 Å². The van der Waals surface area contributed by atoms with Gasteiger partial charge in [0.05, 0.1) is 10.3 Å². The van der Waals surface area contributed by atoms with Crippen LogP contribution in [0.2, 0.25) is 5.02 Å². The highest BCUT2D eigenvalue weighted by Gasteiger charge is 2.20. The molecule has 1 atom stereocenters. The van der Waals surface area contributed by atoms with E-state index in [1.54, 1.807) is 78.9 Å². The van der Waals surface area contributed by atoms with E-state index < -0.39 is 22.9 Å². The summed E-state index contributed by atoms with van der Waals surface area (Å²) in [4.78, 5) is 40.5. The van der Waals surface area contributed by atoms with Crippen molar-refractivity contribution in [3.63, 3.8) is 0 Å². The Morgan fingerprint density at radius 1 is 0.816 bits per heavy atom. The molecule has 0 aromatic heterocycles. The van der Waals surface area contributed by atoms with Crippen molar-refractivity contribution in [1.29, 1.82) is 0 Å². The molecular weight excluding hydrogens is 661 g/mol. The maximum atomic E-state index is 13.6. The normalized spacial score (nSPS) is 11.7. The number of halogens is 2. The molecule has 10 heteroatoms. The van der Waals surface area contributed by atoms with E-state index in [0.29, 0.717) is 41.3 Å². The quantitative estimate of drug-likeness (QED) is 0.0845. The number of benzene rings is 5. The number of nitrogens with one attached hydrogen (secondary N) is 3. The van der Waals surface area contributed by atoms with Crippen LogP contribution in [0, 0.1) is 5.82 Å². The molecule has 3 amide bonds. The second kappa shape index (κ2) is 17.1. The molecule has 1 unspecified atom stereocenters. The number of hydrogen-bond donors (Lipinski definition) is 3. The van der Waals surface area contributed by atoms with E-state index in [2.05, 4.69) is 16.0 Å².